The number of hydrogen-bond acceptors (Lipinski definition) is 3. The molecule has 92 valence electrons. The Morgan fingerprint density at radius 3 is 2.72 bits per heavy atom. The number of halogens is 1. The van der Waals surface area contributed by atoms with E-state index in [0.717, 1.165) is 36.7 Å². The van der Waals surface area contributed by atoms with E-state index in [1.165, 1.54) is 5.56 Å². The number of nitrogens with zero attached hydrogens (tertiary/aromatic N) is 3. The largest absolute Gasteiger partial charge is 0.289 e. The SMILES string of the molecule is Cc1nc(Cl)c2c(n1)CN(Cc1ccccc1)C2. The summed E-state index contributed by atoms with van der Waals surface area (Å²) in [6, 6.07) is 10.4. The van der Waals surface area contributed by atoms with Crippen molar-refractivity contribution in [2.75, 3.05) is 0 Å². The first-order valence-corrected chi connectivity index (χ1v) is 6.38. The van der Waals surface area contributed by atoms with Gasteiger partial charge in [-0.2, -0.15) is 0 Å². The molecule has 0 radical (unpaired) electrons. The Morgan fingerprint density at radius 1 is 1.17 bits per heavy atom. The van der Waals surface area contributed by atoms with E-state index >= 15 is 0 Å². The quantitative estimate of drug-likeness (QED) is 0.777. The van der Waals surface area contributed by atoms with E-state index in [-0.39, 0.29) is 0 Å². The van der Waals surface area contributed by atoms with Crippen molar-refractivity contribution in [1.82, 2.24) is 14.9 Å². The van der Waals surface area contributed by atoms with Crippen LogP contribution in [0.25, 0.3) is 0 Å². The van der Waals surface area contributed by atoms with Crippen LogP contribution in [0.2, 0.25) is 5.15 Å². The van der Waals surface area contributed by atoms with Crippen LogP contribution in [0.1, 0.15) is 22.6 Å². The molecule has 0 unspecified atom stereocenters. The molecule has 0 fully saturated rings. The molecule has 1 aliphatic rings. The molecule has 0 spiro atoms. The van der Waals surface area contributed by atoms with Crippen LogP contribution >= 0.6 is 11.6 Å². The number of rotatable bonds is 2. The second-order valence-corrected chi connectivity index (χ2v) is 4.98. The van der Waals surface area contributed by atoms with Crippen LogP contribution in [0.4, 0.5) is 0 Å². The third kappa shape index (κ3) is 2.24. The molecule has 18 heavy (non-hydrogen) atoms. The molecule has 3 rings (SSSR count). The zero-order chi connectivity index (χ0) is 12.5. The normalized spacial score (nSPS) is 14.8. The minimum atomic E-state index is 0.605. The first kappa shape index (κ1) is 11.6. The first-order valence-electron chi connectivity index (χ1n) is 6.00. The zero-order valence-electron chi connectivity index (χ0n) is 10.2. The molecule has 0 N–H and O–H groups in total. The summed E-state index contributed by atoms with van der Waals surface area (Å²) >= 11 is 6.17. The Balaban J connectivity index is 1.79. The predicted molar refractivity (Wildman–Crippen MR) is 71.2 cm³/mol. The Morgan fingerprint density at radius 2 is 1.94 bits per heavy atom. The fourth-order valence-corrected chi connectivity index (χ4v) is 2.64. The van der Waals surface area contributed by atoms with Gasteiger partial charge in [0, 0.05) is 25.2 Å². The van der Waals surface area contributed by atoms with Gasteiger partial charge in [-0.15, -0.1) is 0 Å². The van der Waals surface area contributed by atoms with Crippen LogP contribution in [-0.2, 0) is 19.6 Å². The molecular formula is C14H14ClN3. The van der Waals surface area contributed by atoms with Gasteiger partial charge in [-0.1, -0.05) is 41.9 Å². The number of hydrogen-bond donors (Lipinski definition) is 0. The molecule has 0 saturated heterocycles. The van der Waals surface area contributed by atoms with Gasteiger partial charge in [0.05, 0.1) is 5.69 Å². The van der Waals surface area contributed by atoms with Crippen molar-refractivity contribution in [2.24, 2.45) is 0 Å². The summed E-state index contributed by atoms with van der Waals surface area (Å²) in [5.41, 5.74) is 3.47. The number of fused-ring (bicyclic) bond motifs is 1. The van der Waals surface area contributed by atoms with Crippen molar-refractivity contribution < 1.29 is 0 Å². The molecule has 0 aliphatic carbocycles. The standard InChI is InChI=1S/C14H14ClN3/c1-10-16-13-9-18(8-12(13)14(15)17-10)7-11-5-3-2-4-6-11/h2-6H,7-9H2,1H3. The molecule has 1 aromatic carbocycles. The van der Waals surface area contributed by atoms with E-state index in [2.05, 4.69) is 39.1 Å². The fourth-order valence-electron chi connectivity index (χ4n) is 2.35. The molecule has 2 aromatic rings. The molecule has 0 atom stereocenters. The number of aryl methyl sites for hydroxylation is 1. The second-order valence-electron chi connectivity index (χ2n) is 4.62. The molecular weight excluding hydrogens is 246 g/mol. The highest BCUT2D eigenvalue weighted by Gasteiger charge is 2.23. The van der Waals surface area contributed by atoms with E-state index in [4.69, 9.17) is 11.6 Å². The second kappa shape index (κ2) is 4.67. The van der Waals surface area contributed by atoms with Crippen molar-refractivity contribution in [3.63, 3.8) is 0 Å². The molecule has 4 heteroatoms. The molecule has 0 saturated carbocycles. The van der Waals surface area contributed by atoms with Crippen molar-refractivity contribution in [1.29, 1.82) is 0 Å². The smallest absolute Gasteiger partial charge is 0.137 e. The zero-order valence-corrected chi connectivity index (χ0v) is 11.0. The minimum absolute atomic E-state index is 0.605. The lowest BCUT2D eigenvalue weighted by Gasteiger charge is -2.14. The van der Waals surface area contributed by atoms with Gasteiger partial charge in [-0.05, 0) is 12.5 Å². The Kier molecular flexibility index (Phi) is 3.02. The van der Waals surface area contributed by atoms with Gasteiger partial charge < -0.3 is 0 Å². The molecule has 1 aliphatic heterocycles. The average molecular weight is 260 g/mol. The predicted octanol–water partition coefficient (Wildman–Crippen LogP) is 2.95. The maximum atomic E-state index is 6.17. The van der Waals surface area contributed by atoms with Gasteiger partial charge in [-0.25, -0.2) is 9.97 Å². The van der Waals surface area contributed by atoms with E-state index < -0.39 is 0 Å². The van der Waals surface area contributed by atoms with Crippen LogP contribution < -0.4 is 0 Å². The van der Waals surface area contributed by atoms with E-state index in [1.807, 2.05) is 13.0 Å². The van der Waals surface area contributed by atoms with Crippen molar-refractivity contribution in [3.05, 3.63) is 58.1 Å². The Bertz CT molecular complexity index is 569. The maximum Gasteiger partial charge on any atom is 0.137 e. The monoisotopic (exact) mass is 259 g/mol. The third-order valence-corrected chi connectivity index (χ3v) is 3.47. The summed E-state index contributed by atoms with van der Waals surface area (Å²) < 4.78 is 0. The topological polar surface area (TPSA) is 29.0 Å². The maximum absolute atomic E-state index is 6.17. The van der Waals surface area contributed by atoms with Gasteiger partial charge in [0.15, 0.2) is 0 Å². The minimum Gasteiger partial charge on any atom is -0.289 e. The highest BCUT2D eigenvalue weighted by atomic mass is 35.5. The molecule has 1 aromatic heterocycles. The molecule has 0 amide bonds. The molecule has 2 heterocycles. The van der Waals surface area contributed by atoms with Crippen LogP contribution in [0.3, 0.4) is 0 Å². The summed E-state index contributed by atoms with van der Waals surface area (Å²) in [6.07, 6.45) is 0. The van der Waals surface area contributed by atoms with Gasteiger partial charge in [0.2, 0.25) is 0 Å². The van der Waals surface area contributed by atoms with Crippen molar-refractivity contribution in [2.45, 2.75) is 26.6 Å². The van der Waals surface area contributed by atoms with E-state index in [0.29, 0.717) is 5.15 Å². The average Bonchev–Trinajstić information content (AvgIpc) is 2.73. The number of benzene rings is 1. The fraction of sp³-hybridized carbons (Fsp3) is 0.286. The molecule has 3 nitrogen and oxygen atoms in total. The highest BCUT2D eigenvalue weighted by Crippen LogP contribution is 2.27. The highest BCUT2D eigenvalue weighted by molar-refractivity contribution is 6.30. The van der Waals surface area contributed by atoms with E-state index in [9.17, 15) is 0 Å². The van der Waals surface area contributed by atoms with Crippen LogP contribution in [-0.4, -0.2) is 14.9 Å². The Labute approximate surface area is 111 Å². The summed E-state index contributed by atoms with van der Waals surface area (Å²) in [7, 11) is 0. The summed E-state index contributed by atoms with van der Waals surface area (Å²) in [5, 5.41) is 0.605. The van der Waals surface area contributed by atoms with Gasteiger partial charge >= 0.3 is 0 Å². The summed E-state index contributed by atoms with van der Waals surface area (Å²) in [5.74, 6) is 0.750. The van der Waals surface area contributed by atoms with Gasteiger partial charge in [0.25, 0.3) is 0 Å². The summed E-state index contributed by atoms with van der Waals surface area (Å²) in [6.45, 7) is 4.50. The van der Waals surface area contributed by atoms with Gasteiger partial charge in [0.1, 0.15) is 11.0 Å². The van der Waals surface area contributed by atoms with Gasteiger partial charge in [-0.3, -0.25) is 4.90 Å². The number of aromatic nitrogens is 2. The lowest BCUT2D eigenvalue weighted by molar-refractivity contribution is 0.274. The van der Waals surface area contributed by atoms with E-state index in [1.54, 1.807) is 0 Å². The lowest BCUT2D eigenvalue weighted by atomic mass is 10.2. The van der Waals surface area contributed by atoms with Crippen LogP contribution in [0.5, 0.6) is 0 Å². The third-order valence-electron chi connectivity index (χ3n) is 3.16. The van der Waals surface area contributed by atoms with Crippen LogP contribution in [0.15, 0.2) is 30.3 Å². The molecule has 0 bridgehead atoms. The summed E-state index contributed by atoms with van der Waals surface area (Å²) in [4.78, 5) is 11.0. The van der Waals surface area contributed by atoms with Crippen molar-refractivity contribution >= 4 is 11.6 Å². The lowest BCUT2D eigenvalue weighted by Crippen LogP contribution is -2.15. The van der Waals surface area contributed by atoms with Crippen molar-refractivity contribution in [3.8, 4) is 0 Å². The Hall–Kier alpha value is -1.45. The van der Waals surface area contributed by atoms with Crippen LogP contribution in [0, 0.1) is 6.92 Å². The first-order chi connectivity index (χ1) is 8.72.